The van der Waals surface area contributed by atoms with Gasteiger partial charge < -0.3 is 11.1 Å². The van der Waals surface area contributed by atoms with Gasteiger partial charge in [0.15, 0.2) is 5.69 Å². The first-order valence-electron chi connectivity index (χ1n) is 5.23. The minimum Gasteiger partial charge on any atom is -0.397 e. The van der Waals surface area contributed by atoms with Crippen LogP contribution in [0.5, 0.6) is 0 Å². The predicted molar refractivity (Wildman–Crippen MR) is 68.8 cm³/mol. The van der Waals surface area contributed by atoms with Crippen LogP contribution in [0.2, 0.25) is 0 Å². The van der Waals surface area contributed by atoms with Crippen molar-refractivity contribution < 1.29 is 4.79 Å². The van der Waals surface area contributed by atoms with Crippen molar-refractivity contribution in [2.75, 3.05) is 5.73 Å². The topological polar surface area (TPSA) is 68.0 Å². The second-order valence-corrected chi connectivity index (χ2v) is 4.63. The van der Waals surface area contributed by atoms with E-state index >= 15 is 0 Å². The van der Waals surface area contributed by atoms with Gasteiger partial charge in [0.1, 0.15) is 0 Å². The lowest BCUT2D eigenvalue weighted by atomic mass is 10.2. The molecule has 0 aliphatic heterocycles. The highest BCUT2D eigenvalue weighted by molar-refractivity contribution is 7.10. The average molecular weight is 247 g/mol. The molecule has 88 valence electrons. The smallest absolute Gasteiger partial charge is 0.272 e. The molecule has 2 aromatic rings. The van der Waals surface area contributed by atoms with Gasteiger partial charge >= 0.3 is 0 Å². The standard InChI is InChI=1S/C12H13N3OS/c1-8(10-5-3-7-17-10)15-12(16)11-9(13)4-2-6-14-11/h2-8H,13H2,1H3,(H,15,16)/t8-/m0/s1. The third-order valence-electron chi connectivity index (χ3n) is 2.37. The molecular formula is C12H13N3OS. The van der Waals surface area contributed by atoms with Crippen molar-refractivity contribution >= 4 is 22.9 Å². The molecule has 0 unspecified atom stereocenters. The maximum Gasteiger partial charge on any atom is 0.272 e. The van der Waals surface area contributed by atoms with Gasteiger partial charge in [-0.25, -0.2) is 4.98 Å². The first-order valence-corrected chi connectivity index (χ1v) is 6.11. The molecule has 0 bridgehead atoms. The molecule has 5 heteroatoms. The third-order valence-corrected chi connectivity index (χ3v) is 3.43. The Bertz CT molecular complexity index is 510. The van der Waals surface area contributed by atoms with Gasteiger partial charge in [0, 0.05) is 11.1 Å². The van der Waals surface area contributed by atoms with Crippen molar-refractivity contribution in [1.82, 2.24) is 10.3 Å². The number of aromatic nitrogens is 1. The van der Waals surface area contributed by atoms with Gasteiger partial charge in [0.2, 0.25) is 0 Å². The van der Waals surface area contributed by atoms with Crippen LogP contribution in [-0.2, 0) is 0 Å². The van der Waals surface area contributed by atoms with E-state index in [0.717, 1.165) is 4.88 Å². The lowest BCUT2D eigenvalue weighted by Crippen LogP contribution is -2.27. The van der Waals surface area contributed by atoms with E-state index in [1.54, 1.807) is 29.7 Å². The number of anilines is 1. The van der Waals surface area contributed by atoms with E-state index in [1.165, 1.54) is 0 Å². The summed E-state index contributed by atoms with van der Waals surface area (Å²) in [7, 11) is 0. The Labute approximate surface area is 103 Å². The van der Waals surface area contributed by atoms with E-state index in [1.807, 2.05) is 24.4 Å². The van der Waals surface area contributed by atoms with Crippen LogP contribution in [0.1, 0.15) is 28.3 Å². The van der Waals surface area contributed by atoms with Gasteiger partial charge in [0.25, 0.3) is 5.91 Å². The van der Waals surface area contributed by atoms with Crippen LogP contribution in [0, 0.1) is 0 Å². The third kappa shape index (κ3) is 2.62. The number of pyridine rings is 1. The molecule has 0 fully saturated rings. The molecule has 2 heterocycles. The van der Waals surface area contributed by atoms with Crippen LogP contribution < -0.4 is 11.1 Å². The van der Waals surface area contributed by atoms with Crippen molar-refractivity contribution in [3.8, 4) is 0 Å². The Hall–Kier alpha value is -1.88. The summed E-state index contributed by atoms with van der Waals surface area (Å²) in [6.07, 6.45) is 1.56. The van der Waals surface area contributed by atoms with Gasteiger partial charge in [-0.15, -0.1) is 11.3 Å². The van der Waals surface area contributed by atoms with E-state index < -0.39 is 0 Å². The maximum absolute atomic E-state index is 11.9. The van der Waals surface area contributed by atoms with Crippen LogP contribution >= 0.6 is 11.3 Å². The summed E-state index contributed by atoms with van der Waals surface area (Å²) in [5.74, 6) is -0.246. The quantitative estimate of drug-likeness (QED) is 0.873. The molecule has 0 saturated heterocycles. The molecule has 0 aliphatic carbocycles. The lowest BCUT2D eigenvalue weighted by molar-refractivity contribution is 0.0936. The van der Waals surface area contributed by atoms with Gasteiger partial charge in [-0.3, -0.25) is 4.79 Å². The minimum absolute atomic E-state index is 0.0380. The Morgan fingerprint density at radius 3 is 2.94 bits per heavy atom. The van der Waals surface area contributed by atoms with Gasteiger partial charge in [0.05, 0.1) is 11.7 Å². The monoisotopic (exact) mass is 247 g/mol. The fourth-order valence-corrected chi connectivity index (χ4v) is 2.22. The van der Waals surface area contributed by atoms with Crippen LogP contribution in [0.3, 0.4) is 0 Å². The normalized spacial score (nSPS) is 12.1. The minimum atomic E-state index is -0.246. The number of thiophene rings is 1. The Morgan fingerprint density at radius 1 is 1.47 bits per heavy atom. The summed E-state index contributed by atoms with van der Waals surface area (Å²) in [6.45, 7) is 1.93. The number of nitrogen functional groups attached to an aromatic ring is 1. The van der Waals surface area contributed by atoms with E-state index in [2.05, 4.69) is 10.3 Å². The Balaban J connectivity index is 2.10. The first kappa shape index (κ1) is 11.6. The van der Waals surface area contributed by atoms with Crippen molar-refractivity contribution in [2.24, 2.45) is 0 Å². The number of amides is 1. The molecule has 17 heavy (non-hydrogen) atoms. The summed E-state index contributed by atoms with van der Waals surface area (Å²) in [4.78, 5) is 17.0. The molecular weight excluding hydrogens is 234 g/mol. The van der Waals surface area contributed by atoms with Gasteiger partial charge in [-0.1, -0.05) is 6.07 Å². The zero-order valence-electron chi connectivity index (χ0n) is 9.38. The second kappa shape index (κ2) is 4.97. The molecule has 0 radical (unpaired) electrons. The number of nitrogens with two attached hydrogens (primary N) is 1. The number of hydrogen-bond donors (Lipinski definition) is 2. The van der Waals surface area contributed by atoms with Crippen LogP contribution in [0.25, 0.3) is 0 Å². The van der Waals surface area contributed by atoms with E-state index in [9.17, 15) is 4.79 Å². The van der Waals surface area contributed by atoms with E-state index in [4.69, 9.17) is 5.73 Å². The highest BCUT2D eigenvalue weighted by atomic mass is 32.1. The zero-order valence-corrected chi connectivity index (χ0v) is 10.2. The number of carbonyl (C=O) groups is 1. The summed E-state index contributed by atoms with van der Waals surface area (Å²) in [5.41, 5.74) is 6.36. The van der Waals surface area contributed by atoms with Gasteiger partial charge in [-0.2, -0.15) is 0 Å². The molecule has 1 amide bonds. The second-order valence-electron chi connectivity index (χ2n) is 3.65. The largest absolute Gasteiger partial charge is 0.397 e. The van der Waals surface area contributed by atoms with Gasteiger partial charge in [-0.05, 0) is 30.5 Å². The van der Waals surface area contributed by atoms with Crippen LogP contribution in [-0.4, -0.2) is 10.9 Å². The molecule has 0 aliphatic rings. The summed E-state index contributed by atoms with van der Waals surface area (Å²) >= 11 is 1.61. The molecule has 1 atom stereocenters. The predicted octanol–water partition coefficient (Wildman–Crippen LogP) is 2.22. The molecule has 0 spiro atoms. The van der Waals surface area contributed by atoms with Crippen molar-refractivity contribution in [2.45, 2.75) is 13.0 Å². The number of carbonyl (C=O) groups excluding carboxylic acids is 1. The average Bonchev–Trinajstić information content (AvgIpc) is 2.82. The first-order chi connectivity index (χ1) is 8.18. The van der Waals surface area contributed by atoms with Crippen molar-refractivity contribution in [1.29, 1.82) is 0 Å². The summed E-state index contributed by atoms with van der Waals surface area (Å²) in [6, 6.07) is 7.27. The van der Waals surface area contributed by atoms with E-state index in [0.29, 0.717) is 5.69 Å². The van der Waals surface area contributed by atoms with Crippen molar-refractivity contribution in [3.05, 3.63) is 46.4 Å². The Morgan fingerprint density at radius 2 is 2.29 bits per heavy atom. The molecule has 4 nitrogen and oxygen atoms in total. The molecule has 3 N–H and O–H groups in total. The highest BCUT2D eigenvalue weighted by Gasteiger charge is 2.14. The summed E-state index contributed by atoms with van der Waals surface area (Å²) in [5, 5.41) is 4.85. The Kier molecular flexibility index (Phi) is 3.39. The number of hydrogen-bond acceptors (Lipinski definition) is 4. The zero-order chi connectivity index (χ0) is 12.3. The number of nitrogens with zero attached hydrogens (tertiary/aromatic N) is 1. The summed E-state index contributed by atoms with van der Waals surface area (Å²) < 4.78 is 0. The van der Waals surface area contributed by atoms with Crippen LogP contribution in [0.15, 0.2) is 35.8 Å². The van der Waals surface area contributed by atoms with Crippen molar-refractivity contribution in [3.63, 3.8) is 0 Å². The molecule has 0 saturated carbocycles. The lowest BCUT2D eigenvalue weighted by Gasteiger charge is -2.12. The fraction of sp³-hybridized carbons (Fsp3) is 0.167. The molecule has 0 aromatic carbocycles. The highest BCUT2D eigenvalue weighted by Crippen LogP contribution is 2.19. The van der Waals surface area contributed by atoms with Crippen LogP contribution in [0.4, 0.5) is 5.69 Å². The fourth-order valence-electron chi connectivity index (χ4n) is 1.48. The number of nitrogens with one attached hydrogen (secondary N) is 1. The SMILES string of the molecule is C[C@H](NC(=O)c1ncccc1N)c1cccs1. The maximum atomic E-state index is 11.9. The molecule has 2 aromatic heterocycles. The number of rotatable bonds is 3. The molecule has 2 rings (SSSR count). The van der Waals surface area contributed by atoms with E-state index in [-0.39, 0.29) is 17.6 Å².